The summed E-state index contributed by atoms with van der Waals surface area (Å²) in [5, 5.41) is 10.6. The lowest BCUT2D eigenvalue weighted by Gasteiger charge is -2.12. The van der Waals surface area contributed by atoms with E-state index in [4.69, 9.17) is 0 Å². The van der Waals surface area contributed by atoms with Gasteiger partial charge in [0.05, 0.1) is 18.2 Å². The molecule has 1 heterocycles. The molecule has 100 valence electrons. The Kier molecular flexibility index (Phi) is 3.67. The summed E-state index contributed by atoms with van der Waals surface area (Å²) in [5.41, 5.74) is -5.23. The second-order valence-corrected chi connectivity index (χ2v) is 2.99. The van der Waals surface area contributed by atoms with E-state index in [0.717, 1.165) is 7.11 Å². The predicted molar refractivity (Wildman–Crippen MR) is 47.4 cm³/mol. The topological polar surface area (TPSA) is 65.3 Å². The lowest BCUT2D eigenvalue weighted by molar-refractivity contribution is -0.387. The van der Waals surface area contributed by atoms with Crippen molar-refractivity contribution in [3.05, 3.63) is 27.6 Å². The summed E-state index contributed by atoms with van der Waals surface area (Å²) in [6.07, 6.45) is -8.54. The third-order valence-electron chi connectivity index (χ3n) is 1.94. The van der Waals surface area contributed by atoms with Crippen LogP contribution in [-0.2, 0) is 6.18 Å². The molecule has 1 rings (SSSR count). The van der Waals surface area contributed by atoms with E-state index in [1.807, 2.05) is 0 Å². The monoisotopic (exact) mass is 272 g/mol. The summed E-state index contributed by atoms with van der Waals surface area (Å²) in [7, 11) is 0.895. The molecule has 0 amide bonds. The molecule has 0 aliphatic heterocycles. The molecule has 0 aliphatic rings. The number of hydrogen-bond donors (Lipinski definition) is 0. The molecule has 0 bridgehead atoms. The van der Waals surface area contributed by atoms with Gasteiger partial charge in [-0.2, -0.15) is 13.2 Å². The molecule has 10 heteroatoms. The number of rotatable bonds is 3. The van der Waals surface area contributed by atoms with Crippen LogP contribution in [0.1, 0.15) is 17.7 Å². The Balaban J connectivity index is 3.68. The molecule has 0 aliphatic carbocycles. The van der Waals surface area contributed by atoms with Crippen molar-refractivity contribution in [3.8, 4) is 5.75 Å². The van der Waals surface area contributed by atoms with E-state index in [-0.39, 0.29) is 0 Å². The van der Waals surface area contributed by atoms with E-state index in [2.05, 4.69) is 9.72 Å². The molecule has 0 spiro atoms. The number of ether oxygens (including phenoxy) is 1. The molecule has 1 aromatic rings. The van der Waals surface area contributed by atoms with Crippen molar-refractivity contribution in [1.82, 2.24) is 4.98 Å². The summed E-state index contributed by atoms with van der Waals surface area (Å²) in [6.45, 7) is 0. The molecule has 0 radical (unpaired) electrons. The van der Waals surface area contributed by atoms with Gasteiger partial charge in [0, 0.05) is 0 Å². The maximum atomic E-state index is 12.6. The molecule has 0 N–H and O–H groups in total. The zero-order chi connectivity index (χ0) is 14.1. The van der Waals surface area contributed by atoms with Crippen LogP contribution in [-0.4, -0.2) is 17.0 Å². The second kappa shape index (κ2) is 4.70. The minimum Gasteiger partial charge on any atom is -0.489 e. The van der Waals surface area contributed by atoms with Gasteiger partial charge in [-0.15, -0.1) is 0 Å². The molecule has 0 fully saturated rings. The Morgan fingerprint density at radius 2 is 2.00 bits per heavy atom. The molecule has 5 nitrogen and oxygen atoms in total. The van der Waals surface area contributed by atoms with Gasteiger partial charge in [0.2, 0.25) is 5.75 Å². The minimum atomic E-state index is -5.22. The quantitative estimate of drug-likeness (QED) is 0.482. The van der Waals surface area contributed by atoms with Crippen LogP contribution in [0.15, 0.2) is 6.20 Å². The SMILES string of the molecule is COc1cnc(C(F)(F)F)c(C(F)F)c1[N+](=O)[O-]. The number of aromatic nitrogens is 1. The fraction of sp³-hybridized carbons (Fsp3) is 0.375. The van der Waals surface area contributed by atoms with Crippen LogP contribution in [0, 0.1) is 10.1 Å². The smallest absolute Gasteiger partial charge is 0.434 e. The lowest BCUT2D eigenvalue weighted by atomic mass is 10.1. The molecule has 0 saturated heterocycles. The van der Waals surface area contributed by atoms with Crippen LogP contribution in [0.25, 0.3) is 0 Å². The number of alkyl halides is 5. The number of hydrogen-bond acceptors (Lipinski definition) is 4. The van der Waals surface area contributed by atoms with E-state index in [1.54, 1.807) is 0 Å². The highest BCUT2D eigenvalue weighted by molar-refractivity contribution is 5.54. The van der Waals surface area contributed by atoms with Gasteiger partial charge < -0.3 is 4.74 Å². The summed E-state index contributed by atoms with van der Waals surface area (Å²) in [5.74, 6) is -0.761. The van der Waals surface area contributed by atoms with Gasteiger partial charge in [-0.3, -0.25) is 10.1 Å². The van der Waals surface area contributed by atoms with Gasteiger partial charge in [-0.05, 0) is 0 Å². The van der Waals surface area contributed by atoms with Crippen molar-refractivity contribution in [1.29, 1.82) is 0 Å². The first-order valence-electron chi connectivity index (χ1n) is 4.26. The first kappa shape index (κ1) is 14.1. The molecule has 0 saturated carbocycles. The highest BCUT2D eigenvalue weighted by atomic mass is 19.4. The van der Waals surface area contributed by atoms with Crippen LogP contribution in [0.5, 0.6) is 5.75 Å². The predicted octanol–water partition coefficient (Wildman–Crippen LogP) is 2.95. The van der Waals surface area contributed by atoms with Gasteiger partial charge in [-0.1, -0.05) is 0 Å². The van der Waals surface area contributed by atoms with E-state index in [9.17, 15) is 32.1 Å². The molecular formula is C8H5F5N2O3. The van der Waals surface area contributed by atoms with Crippen molar-refractivity contribution in [2.75, 3.05) is 7.11 Å². The maximum absolute atomic E-state index is 12.6. The maximum Gasteiger partial charge on any atom is 0.434 e. The van der Waals surface area contributed by atoms with Crippen molar-refractivity contribution in [2.24, 2.45) is 0 Å². The summed E-state index contributed by atoms with van der Waals surface area (Å²) < 4.78 is 66.8. The third-order valence-corrected chi connectivity index (χ3v) is 1.94. The number of nitrogens with zero attached hydrogens (tertiary/aromatic N) is 2. The number of methoxy groups -OCH3 is 1. The highest BCUT2D eigenvalue weighted by Crippen LogP contribution is 2.43. The van der Waals surface area contributed by atoms with E-state index in [1.165, 1.54) is 0 Å². The Bertz CT molecular complexity index is 475. The molecule has 0 atom stereocenters. The summed E-state index contributed by atoms with van der Waals surface area (Å²) in [4.78, 5) is 12.0. The fourth-order valence-electron chi connectivity index (χ4n) is 1.27. The average Bonchev–Trinajstić information content (AvgIpc) is 2.25. The van der Waals surface area contributed by atoms with Gasteiger partial charge in [-0.25, -0.2) is 13.8 Å². The molecule has 1 aromatic heterocycles. The second-order valence-electron chi connectivity index (χ2n) is 2.99. The van der Waals surface area contributed by atoms with Gasteiger partial charge in [0.25, 0.3) is 6.43 Å². The Morgan fingerprint density at radius 1 is 1.44 bits per heavy atom. The van der Waals surface area contributed by atoms with Crippen molar-refractivity contribution in [2.45, 2.75) is 12.6 Å². The number of pyridine rings is 1. The zero-order valence-electron chi connectivity index (χ0n) is 8.66. The van der Waals surface area contributed by atoms with Crippen molar-refractivity contribution < 1.29 is 31.6 Å². The van der Waals surface area contributed by atoms with Crippen LogP contribution in [0.4, 0.5) is 27.6 Å². The van der Waals surface area contributed by atoms with Crippen LogP contribution in [0.3, 0.4) is 0 Å². The van der Waals surface area contributed by atoms with E-state index < -0.39 is 40.2 Å². The molecule has 0 unspecified atom stereocenters. The standard InChI is InChI=1S/C8H5F5N2O3/c1-18-3-2-14-6(8(11,12)13)4(7(9)10)5(3)15(16)17/h2,7H,1H3. The Morgan fingerprint density at radius 3 is 2.33 bits per heavy atom. The van der Waals surface area contributed by atoms with Crippen molar-refractivity contribution in [3.63, 3.8) is 0 Å². The first-order chi connectivity index (χ1) is 8.20. The molecular weight excluding hydrogens is 267 g/mol. The normalized spacial score (nSPS) is 11.7. The average molecular weight is 272 g/mol. The van der Waals surface area contributed by atoms with Crippen LogP contribution >= 0.6 is 0 Å². The third kappa shape index (κ3) is 2.46. The number of halogens is 5. The Hall–Kier alpha value is -2.00. The van der Waals surface area contributed by atoms with Gasteiger partial charge in [0.15, 0.2) is 5.69 Å². The first-order valence-corrected chi connectivity index (χ1v) is 4.26. The minimum absolute atomic E-state index is 0.382. The summed E-state index contributed by atoms with van der Waals surface area (Å²) in [6, 6.07) is 0. The molecule has 0 aromatic carbocycles. The fourth-order valence-corrected chi connectivity index (χ4v) is 1.27. The highest BCUT2D eigenvalue weighted by Gasteiger charge is 2.43. The Labute approximate surface area is 96.3 Å². The van der Waals surface area contributed by atoms with Crippen LogP contribution in [0.2, 0.25) is 0 Å². The van der Waals surface area contributed by atoms with E-state index in [0.29, 0.717) is 6.20 Å². The lowest BCUT2D eigenvalue weighted by Crippen LogP contribution is -2.15. The van der Waals surface area contributed by atoms with E-state index >= 15 is 0 Å². The van der Waals surface area contributed by atoms with Crippen molar-refractivity contribution >= 4 is 5.69 Å². The van der Waals surface area contributed by atoms with Gasteiger partial charge in [0.1, 0.15) is 5.56 Å². The zero-order valence-corrected chi connectivity index (χ0v) is 8.66. The summed E-state index contributed by atoms with van der Waals surface area (Å²) >= 11 is 0. The van der Waals surface area contributed by atoms with Gasteiger partial charge >= 0.3 is 11.9 Å². The molecule has 18 heavy (non-hydrogen) atoms. The number of nitro groups is 1. The van der Waals surface area contributed by atoms with Crippen LogP contribution < -0.4 is 4.74 Å². The largest absolute Gasteiger partial charge is 0.489 e.